The van der Waals surface area contributed by atoms with E-state index >= 15 is 0 Å². The molecule has 0 N–H and O–H groups in total. The number of aryl methyl sites for hydroxylation is 2. The van der Waals surface area contributed by atoms with Crippen LogP contribution in [0, 0.1) is 0 Å². The number of sulfone groups is 1. The van der Waals surface area contributed by atoms with Gasteiger partial charge in [-0.25, -0.2) is 8.42 Å². The summed E-state index contributed by atoms with van der Waals surface area (Å²) in [6.45, 7) is 5.02. The molecule has 1 amide bonds. The molecule has 2 radical (unpaired) electrons. The third-order valence-electron chi connectivity index (χ3n) is 6.04. The van der Waals surface area contributed by atoms with Crippen molar-refractivity contribution >= 4 is 59.0 Å². The molecule has 1 aliphatic heterocycles. The second-order valence-electron chi connectivity index (χ2n) is 8.16. The van der Waals surface area contributed by atoms with Crippen molar-refractivity contribution in [1.82, 2.24) is 19.4 Å². The van der Waals surface area contributed by atoms with E-state index in [1.807, 2.05) is 18.2 Å². The molecule has 1 fully saturated rings. The molecule has 1 aromatic carbocycles. The molecule has 1 unspecified atom stereocenters. The molecule has 4 rings (SSSR count). The van der Waals surface area contributed by atoms with Crippen molar-refractivity contribution in [2.24, 2.45) is 0 Å². The van der Waals surface area contributed by atoms with Crippen molar-refractivity contribution in [2.75, 3.05) is 18.1 Å². The SMILES string of the molecule is CCc1nc2c([As])nc3ccccc3c2n1CCCCN(C(C)=O)C1CCS(=O)(=O)C1. The van der Waals surface area contributed by atoms with E-state index in [2.05, 4.69) is 34.4 Å². The second kappa shape index (κ2) is 8.91. The molecule has 3 heterocycles. The Bertz CT molecular complexity index is 1240. The quantitative estimate of drug-likeness (QED) is 0.363. The maximum atomic E-state index is 12.1. The van der Waals surface area contributed by atoms with Crippen molar-refractivity contribution in [3.8, 4) is 0 Å². The van der Waals surface area contributed by atoms with Crippen molar-refractivity contribution in [3.05, 3.63) is 30.1 Å². The number of amides is 1. The zero-order valence-corrected chi connectivity index (χ0v) is 20.6. The van der Waals surface area contributed by atoms with Gasteiger partial charge in [-0.05, 0) is 0 Å². The second-order valence-corrected chi connectivity index (χ2v) is 11.3. The van der Waals surface area contributed by atoms with Gasteiger partial charge in [-0.15, -0.1) is 0 Å². The minimum absolute atomic E-state index is 0.0464. The van der Waals surface area contributed by atoms with Crippen LogP contribution >= 0.6 is 0 Å². The molecule has 0 spiro atoms. The molecule has 164 valence electrons. The predicted molar refractivity (Wildman–Crippen MR) is 123 cm³/mol. The Morgan fingerprint density at radius 2 is 2.03 bits per heavy atom. The first-order valence-electron chi connectivity index (χ1n) is 10.7. The van der Waals surface area contributed by atoms with Gasteiger partial charge in [-0.1, -0.05) is 0 Å². The zero-order chi connectivity index (χ0) is 22.2. The molecule has 0 saturated carbocycles. The van der Waals surface area contributed by atoms with Gasteiger partial charge in [0.15, 0.2) is 0 Å². The number of carbonyl (C=O) groups is 1. The monoisotopic (exact) mass is 502 g/mol. The van der Waals surface area contributed by atoms with Gasteiger partial charge in [0.25, 0.3) is 0 Å². The molecule has 31 heavy (non-hydrogen) atoms. The number of hydrogen-bond donors (Lipinski definition) is 0. The van der Waals surface area contributed by atoms with Gasteiger partial charge in [0.2, 0.25) is 0 Å². The van der Waals surface area contributed by atoms with Crippen molar-refractivity contribution in [2.45, 2.75) is 52.1 Å². The molecule has 1 saturated heterocycles. The average Bonchev–Trinajstić information content (AvgIpc) is 3.28. The van der Waals surface area contributed by atoms with Gasteiger partial charge in [-0.3, -0.25) is 0 Å². The van der Waals surface area contributed by atoms with E-state index < -0.39 is 9.84 Å². The van der Waals surface area contributed by atoms with Crippen LogP contribution in [0.25, 0.3) is 21.9 Å². The normalized spacial score (nSPS) is 18.1. The summed E-state index contributed by atoms with van der Waals surface area (Å²) in [4.78, 5) is 23.4. The van der Waals surface area contributed by atoms with E-state index in [9.17, 15) is 13.2 Å². The fourth-order valence-corrected chi connectivity index (χ4v) is 6.83. The van der Waals surface area contributed by atoms with Crippen molar-refractivity contribution < 1.29 is 13.2 Å². The first-order chi connectivity index (χ1) is 14.8. The van der Waals surface area contributed by atoms with E-state index in [-0.39, 0.29) is 23.5 Å². The van der Waals surface area contributed by atoms with Gasteiger partial charge < -0.3 is 0 Å². The van der Waals surface area contributed by atoms with Crippen LogP contribution in [0.15, 0.2) is 24.3 Å². The summed E-state index contributed by atoms with van der Waals surface area (Å²) in [7, 11) is -3.01. The fraction of sp³-hybridized carbons (Fsp3) is 0.500. The average molecular weight is 502 g/mol. The van der Waals surface area contributed by atoms with E-state index in [0.29, 0.717) is 13.0 Å². The number of imidazole rings is 1. The Kier molecular flexibility index (Phi) is 6.40. The third-order valence-corrected chi connectivity index (χ3v) is 8.45. The topological polar surface area (TPSA) is 85.2 Å². The molecule has 9 heteroatoms. The Balaban J connectivity index is 1.53. The van der Waals surface area contributed by atoms with E-state index in [1.165, 1.54) is 6.92 Å². The summed E-state index contributed by atoms with van der Waals surface area (Å²) in [5.74, 6) is 1.26. The number of nitrogens with zero attached hydrogens (tertiary/aromatic N) is 4. The molecular weight excluding hydrogens is 475 g/mol. The van der Waals surface area contributed by atoms with Crippen molar-refractivity contribution in [1.29, 1.82) is 0 Å². The van der Waals surface area contributed by atoms with Crippen LogP contribution in [0.2, 0.25) is 0 Å². The number of hydrogen-bond acceptors (Lipinski definition) is 5. The molecule has 1 atom stereocenters. The number of benzene rings is 1. The Morgan fingerprint density at radius 1 is 1.26 bits per heavy atom. The first kappa shape index (κ1) is 22.3. The van der Waals surface area contributed by atoms with Crippen LogP contribution in [0.4, 0.5) is 0 Å². The molecule has 1 aliphatic rings. The number of fused-ring (bicyclic) bond motifs is 3. The van der Waals surface area contributed by atoms with Gasteiger partial charge >= 0.3 is 184 Å². The van der Waals surface area contributed by atoms with Crippen molar-refractivity contribution in [3.63, 3.8) is 0 Å². The number of pyridine rings is 1. The summed E-state index contributed by atoms with van der Waals surface area (Å²) < 4.78 is 26.8. The van der Waals surface area contributed by atoms with E-state index in [1.54, 1.807) is 4.90 Å². The van der Waals surface area contributed by atoms with Gasteiger partial charge in [-0.2, -0.15) is 0 Å². The summed E-state index contributed by atoms with van der Waals surface area (Å²) in [6.07, 6.45) is 3.07. The molecule has 3 aromatic rings. The van der Waals surface area contributed by atoms with E-state index in [4.69, 9.17) is 9.97 Å². The molecule has 0 aliphatic carbocycles. The summed E-state index contributed by atoms with van der Waals surface area (Å²) in [5.41, 5.74) is 3.00. The van der Waals surface area contributed by atoms with Gasteiger partial charge in [0.05, 0.1) is 0 Å². The Morgan fingerprint density at radius 3 is 2.71 bits per heavy atom. The summed E-state index contributed by atoms with van der Waals surface area (Å²) in [6, 6.07) is 7.95. The summed E-state index contributed by atoms with van der Waals surface area (Å²) in [5, 5.41) is 1.10. The first-order valence-corrected chi connectivity index (χ1v) is 13.5. The van der Waals surface area contributed by atoms with Crippen LogP contribution < -0.4 is 4.48 Å². The molecule has 7 nitrogen and oxygen atoms in total. The predicted octanol–water partition coefficient (Wildman–Crippen LogP) is 1.76. The van der Waals surface area contributed by atoms with Gasteiger partial charge in [0.1, 0.15) is 0 Å². The Labute approximate surface area is 191 Å². The number of para-hydroxylation sites is 1. The molecule has 0 bridgehead atoms. The fourth-order valence-electron chi connectivity index (χ4n) is 4.55. The third kappa shape index (κ3) is 4.51. The van der Waals surface area contributed by atoms with Crippen LogP contribution in [0.3, 0.4) is 0 Å². The number of carbonyl (C=O) groups excluding carboxylic acids is 1. The Hall–Kier alpha value is -1.92. The number of rotatable bonds is 7. The molecular formula is C22H27AsN4O3S. The minimum atomic E-state index is -3.01. The van der Waals surface area contributed by atoms with Gasteiger partial charge in [0, 0.05) is 0 Å². The standard InChI is InChI=1S/C22H27AsN4O3S/c1-3-19-25-20-21(17-8-4-5-9-18(17)24-22(20)23)27(19)12-7-6-11-26(15(2)28)16-10-13-31(29,30)14-16/h4-5,8-9,16H,3,6-7,10-14H2,1-2H3. The van der Waals surface area contributed by atoms with E-state index in [0.717, 1.165) is 58.0 Å². The zero-order valence-electron chi connectivity index (χ0n) is 17.9. The molecule has 2 aromatic heterocycles. The summed E-state index contributed by atoms with van der Waals surface area (Å²) >= 11 is 2.53. The number of aromatic nitrogens is 3. The number of unbranched alkanes of at least 4 members (excludes halogenated alkanes) is 1. The van der Waals surface area contributed by atoms with Crippen LogP contribution in [-0.2, 0) is 27.6 Å². The van der Waals surface area contributed by atoms with Crippen LogP contribution in [0.5, 0.6) is 0 Å². The van der Waals surface area contributed by atoms with Crippen LogP contribution in [-0.4, -0.2) is 74.7 Å². The van der Waals surface area contributed by atoms with Crippen LogP contribution in [0.1, 0.15) is 38.9 Å². The maximum absolute atomic E-state index is 12.1.